The number of aryl methyl sites for hydroxylation is 2. The predicted octanol–water partition coefficient (Wildman–Crippen LogP) is 3.41. The van der Waals surface area contributed by atoms with E-state index >= 15 is 0 Å². The molecule has 0 atom stereocenters. The van der Waals surface area contributed by atoms with Crippen LogP contribution < -0.4 is 21.3 Å². The smallest absolute Gasteiger partial charge is 0.325 e. The Labute approximate surface area is 174 Å². The zero-order chi connectivity index (χ0) is 22.1. The van der Waals surface area contributed by atoms with E-state index in [1.807, 2.05) is 31.0 Å². The molecule has 156 valence electrons. The van der Waals surface area contributed by atoms with Crippen molar-refractivity contribution in [1.82, 2.24) is 15.0 Å². The van der Waals surface area contributed by atoms with Crippen molar-refractivity contribution in [2.75, 3.05) is 5.32 Å². The second-order valence-corrected chi connectivity index (χ2v) is 6.95. The lowest BCUT2D eigenvalue weighted by Gasteiger charge is -2.12. The van der Waals surface area contributed by atoms with Crippen LogP contribution in [0.15, 0.2) is 58.4 Å². The number of aromatic nitrogens is 3. The first-order valence-electron chi connectivity index (χ1n) is 9.28. The Morgan fingerprint density at radius 1 is 1.06 bits per heavy atom. The Hall–Kier alpha value is -4.27. The summed E-state index contributed by atoms with van der Waals surface area (Å²) in [5, 5.41) is 3.16. The minimum atomic E-state index is -0.850. The van der Waals surface area contributed by atoms with Gasteiger partial charge in [0.1, 0.15) is 11.3 Å². The van der Waals surface area contributed by atoms with E-state index < -0.39 is 23.0 Å². The number of ether oxygens (including phenoxy) is 1. The zero-order valence-corrected chi connectivity index (χ0v) is 16.6. The second-order valence-electron chi connectivity index (χ2n) is 6.95. The zero-order valence-electron chi connectivity index (χ0n) is 16.6. The summed E-state index contributed by atoms with van der Waals surface area (Å²) in [5.74, 6) is -1.09. The van der Waals surface area contributed by atoms with Gasteiger partial charge in [0.2, 0.25) is 0 Å². The summed E-state index contributed by atoms with van der Waals surface area (Å²) in [7, 11) is 0. The molecule has 0 radical (unpaired) electrons. The average molecular weight is 420 g/mol. The van der Waals surface area contributed by atoms with Crippen molar-refractivity contribution in [3.05, 3.63) is 92.1 Å². The van der Waals surface area contributed by atoms with Crippen LogP contribution in [0.25, 0.3) is 10.9 Å². The molecule has 2 aromatic heterocycles. The largest absolute Gasteiger partial charge is 0.454 e. The van der Waals surface area contributed by atoms with Gasteiger partial charge >= 0.3 is 5.69 Å². The molecule has 0 unspecified atom stereocenters. The molecule has 0 fully saturated rings. The molecule has 4 rings (SSSR count). The van der Waals surface area contributed by atoms with E-state index in [0.29, 0.717) is 5.75 Å². The van der Waals surface area contributed by atoms with E-state index in [4.69, 9.17) is 4.74 Å². The monoisotopic (exact) mass is 420 g/mol. The molecule has 0 aliphatic rings. The molecular weight excluding hydrogens is 403 g/mol. The molecule has 1 amide bonds. The number of halogens is 1. The Morgan fingerprint density at radius 3 is 2.58 bits per heavy atom. The molecule has 31 heavy (non-hydrogen) atoms. The number of hydrogen-bond acceptors (Lipinski definition) is 5. The van der Waals surface area contributed by atoms with E-state index in [1.165, 1.54) is 12.1 Å². The van der Waals surface area contributed by atoms with Crippen molar-refractivity contribution < 1.29 is 13.9 Å². The minimum absolute atomic E-state index is 0.0365. The maximum atomic E-state index is 14.7. The number of rotatable bonds is 4. The van der Waals surface area contributed by atoms with E-state index in [2.05, 4.69) is 15.3 Å². The molecule has 8 nitrogen and oxygen atoms in total. The van der Waals surface area contributed by atoms with Crippen LogP contribution in [-0.4, -0.2) is 20.9 Å². The maximum absolute atomic E-state index is 14.7. The Balaban J connectivity index is 1.59. The molecule has 0 spiro atoms. The van der Waals surface area contributed by atoms with Crippen molar-refractivity contribution in [2.45, 2.75) is 13.8 Å². The number of anilines is 1. The number of nitrogens with one attached hydrogen (secondary N) is 3. The van der Waals surface area contributed by atoms with Gasteiger partial charge in [-0.2, -0.15) is 0 Å². The summed E-state index contributed by atoms with van der Waals surface area (Å²) >= 11 is 0. The highest BCUT2D eigenvalue weighted by Gasteiger charge is 2.14. The van der Waals surface area contributed by atoms with E-state index in [1.54, 1.807) is 12.3 Å². The van der Waals surface area contributed by atoms with Crippen molar-refractivity contribution in [1.29, 1.82) is 0 Å². The first-order chi connectivity index (χ1) is 14.8. The van der Waals surface area contributed by atoms with Crippen LogP contribution in [0, 0.1) is 19.7 Å². The number of fused-ring (bicyclic) bond motifs is 1. The molecule has 0 aliphatic carbocycles. The molecule has 4 aromatic rings. The van der Waals surface area contributed by atoms with Crippen LogP contribution in [0.2, 0.25) is 0 Å². The number of aromatic amines is 2. The fraction of sp³-hybridized carbons (Fsp3) is 0.0909. The molecular formula is C22H17FN4O4. The molecule has 2 heterocycles. The van der Waals surface area contributed by atoms with Gasteiger partial charge in [-0.15, -0.1) is 0 Å². The summed E-state index contributed by atoms with van der Waals surface area (Å²) in [5.41, 5.74) is 1.10. The lowest BCUT2D eigenvalue weighted by atomic mass is 10.1. The lowest BCUT2D eigenvalue weighted by Crippen LogP contribution is -2.29. The van der Waals surface area contributed by atoms with Crippen LogP contribution in [-0.2, 0) is 0 Å². The SMILES string of the molecule is Cc1cc2nccc(Oc3ccc(NC(=O)c4c[nH]c(=O)[nH]c4=O)cc3F)c2cc1C. The molecule has 0 aliphatic heterocycles. The van der Waals surface area contributed by atoms with Crippen molar-refractivity contribution in [3.8, 4) is 11.5 Å². The molecule has 2 aromatic carbocycles. The van der Waals surface area contributed by atoms with Crippen LogP contribution in [0.1, 0.15) is 21.5 Å². The first kappa shape index (κ1) is 20.0. The number of nitrogens with zero attached hydrogens (tertiary/aromatic N) is 1. The third-order valence-electron chi connectivity index (χ3n) is 4.79. The summed E-state index contributed by atoms with van der Waals surface area (Å²) in [4.78, 5) is 43.5. The number of hydrogen-bond donors (Lipinski definition) is 3. The lowest BCUT2D eigenvalue weighted by molar-refractivity contribution is 0.102. The molecule has 0 saturated carbocycles. The van der Waals surface area contributed by atoms with Gasteiger partial charge in [-0.1, -0.05) is 0 Å². The summed E-state index contributed by atoms with van der Waals surface area (Å²) < 4.78 is 20.4. The van der Waals surface area contributed by atoms with Crippen LogP contribution >= 0.6 is 0 Å². The van der Waals surface area contributed by atoms with Gasteiger partial charge in [0.05, 0.1) is 5.52 Å². The van der Waals surface area contributed by atoms with Crippen molar-refractivity contribution in [2.24, 2.45) is 0 Å². The van der Waals surface area contributed by atoms with Crippen LogP contribution in [0.3, 0.4) is 0 Å². The molecule has 3 N–H and O–H groups in total. The molecule has 0 bridgehead atoms. The molecule has 9 heteroatoms. The Kier molecular flexibility index (Phi) is 5.08. The number of H-pyrrole nitrogens is 2. The van der Waals surface area contributed by atoms with E-state index in [0.717, 1.165) is 34.3 Å². The Morgan fingerprint density at radius 2 is 1.84 bits per heavy atom. The minimum Gasteiger partial charge on any atom is -0.454 e. The van der Waals surface area contributed by atoms with E-state index in [-0.39, 0.29) is 17.0 Å². The quantitative estimate of drug-likeness (QED) is 0.468. The highest BCUT2D eigenvalue weighted by molar-refractivity contribution is 6.03. The van der Waals surface area contributed by atoms with Gasteiger partial charge in [-0.05, 0) is 55.3 Å². The number of benzene rings is 2. The predicted molar refractivity (Wildman–Crippen MR) is 113 cm³/mol. The van der Waals surface area contributed by atoms with Gasteiger partial charge in [0.15, 0.2) is 11.6 Å². The second kappa shape index (κ2) is 7.86. The molecule has 0 saturated heterocycles. The van der Waals surface area contributed by atoms with Gasteiger partial charge in [-0.25, -0.2) is 9.18 Å². The number of amides is 1. The summed E-state index contributed by atoms with van der Waals surface area (Å²) in [6.07, 6.45) is 2.57. The Bertz CT molecular complexity index is 1440. The van der Waals surface area contributed by atoms with Gasteiger partial charge in [-0.3, -0.25) is 19.6 Å². The summed E-state index contributed by atoms with van der Waals surface area (Å²) in [6.45, 7) is 3.95. The van der Waals surface area contributed by atoms with Crippen molar-refractivity contribution >= 4 is 22.5 Å². The third-order valence-corrected chi connectivity index (χ3v) is 4.79. The van der Waals surface area contributed by atoms with Crippen LogP contribution in [0.4, 0.5) is 10.1 Å². The third kappa shape index (κ3) is 4.06. The van der Waals surface area contributed by atoms with Crippen LogP contribution in [0.5, 0.6) is 11.5 Å². The number of pyridine rings is 1. The average Bonchev–Trinajstić information content (AvgIpc) is 2.71. The number of carbonyl (C=O) groups excluding carboxylic acids is 1. The normalized spacial score (nSPS) is 10.8. The highest BCUT2D eigenvalue weighted by Crippen LogP contribution is 2.32. The van der Waals surface area contributed by atoms with Gasteiger partial charge in [0, 0.05) is 29.5 Å². The van der Waals surface area contributed by atoms with Gasteiger partial charge < -0.3 is 15.0 Å². The summed E-state index contributed by atoms with van der Waals surface area (Å²) in [6, 6.07) is 9.40. The number of carbonyl (C=O) groups is 1. The fourth-order valence-corrected chi connectivity index (χ4v) is 3.03. The fourth-order valence-electron chi connectivity index (χ4n) is 3.03. The van der Waals surface area contributed by atoms with Gasteiger partial charge in [0.25, 0.3) is 11.5 Å². The topological polar surface area (TPSA) is 117 Å². The standard InChI is InChI=1S/C22H17FN4O4/c1-11-7-14-17(8-12(11)2)24-6-5-18(14)31-19-4-3-13(9-16(19)23)26-20(28)15-10-25-22(30)27-21(15)29/h3-10H,1-2H3,(H,26,28)(H2,25,27,29,30). The first-order valence-corrected chi connectivity index (χ1v) is 9.28. The maximum Gasteiger partial charge on any atom is 0.325 e. The van der Waals surface area contributed by atoms with E-state index in [9.17, 15) is 18.8 Å². The highest BCUT2D eigenvalue weighted by atomic mass is 19.1. The van der Waals surface area contributed by atoms with Crippen molar-refractivity contribution in [3.63, 3.8) is 0 Å².